The molecule has 0 saturated heterocycles. The summed E-state index contributed by atoms with van der Waals surface area (Å²) >= 11 is 0. The van der Waals surface area contributed by atoms with E-state index >= 15 is 0 Å². The molecule has 2 aromatic carbocycles. The van der Waals surface area contributed by atoms with Crippen LogP contribution in [0.4, 0.5) is 13.2 Å². The molecule has 2 rings (SSSR count). The van der Waals surface area contributed by atoms with E-state index < -0.39 is 17.7 Å². The Kier molecular flexibility index (Phi) is 5.65. The summed E-state index contributed by atoms with van der Waals surface area (Å²) in [5.41, 5.74) is -0.307. The Hall–Kier alpha value is -3.01. The first kappa shape index (κ1) is 18.3. The van der Waals surface area contributed by atoms with E-state index in [-0.39, 0.29) is 23.5 Å². The second-order valence-electron chi connectivity index (χ2n) is 5.06. The monoisotopic (exact) mass is 349 g/mol. The molecule has 130 valence electrons. The molecule has 0 amide bonds. The largest absolute Gasteiger partial charge is 0.490 e. The van der Waals surface area contributed by atoms with Gasteiger partial charge in [0.1, 0.15) is 0 Å². The Labute approximate surface area is 142 Å². The van der Waals surface area contributed by atoms with Gasteiger partial charge < -0.3 is 9.47 Å². The number of benzene rings is 2. The minimum Gasteiger partial charge on any atom is -0.490 e. The van der Waals surface area contributed by atoms with Gasteiger partial charge in [0.2, 0.25) is 0 Å². The third kappa shape index (κ3) is 4.98. The van der Waals surface area contributed by atoms with Gasteiger partial charge in [-0.3, -0.25) is 4.79 Å². The zero-order valence-corrected chi connectivity index (χ0v) is 13.3. The summed E-state index contributed by atoms with van der Waals surface area (Å²) in [6, 6.07) is 10.7. The van der Waals surface area contributed by atoms with Crippen molar-refractivity contribution >= 4 is 5.97 Å². The predicted octanol–water partition coefficient (Wildman–Crippen LogP) is 4.12. The number of alkyl halides is 3. The normalized spacial score (nSPS) is 10.8. The highest BCUT2D eigenvalue weighted by molar-refractivity contribution is 5.76. The van der Waals surface area contributed by atoms with Crippen LogP contribution in [0.25, 0.3) is 0 Å². The molecule has 0 aliphatic carbocycles. The summed E-state index contributed by atoms with van der Waals surface area (Å²) in [4.78, 5) is 12.0. The molecule has 7 heteroatoms. The molecule has 0 unspecified atom stereocenters. The van der Waals surface area contributed by atoms with Crippen molar-refractivity contribution in [2.45, 2.75) is 19.5 Å². The molecule has 2 aromatic rings. The third-order valence-corrected chi connectivity index (χ3v) is 3.20. The molecule has 0 aliphatic rings. The Bertz CT molecular complexity index is 810. The van der Waals surface area contributed by atoms with Gasteiger partial charge in [0.05, 0.1) is 30.2 Å². The smallest absolute Gasteiger partial charge is 0.416 e. The van der Waals surface area contributed by atoms with E-state index in [4.69, 9.17) is 14.7 Å². The lowest BCUT2D eigenvalue weighted by Crippen LogP contribution is -2.13. The first-order chi connectivity index (χ1) is 11.8. The zero-order chi connectivity index (χ0) is 18.4. The van der Waals surface area contributed by atoms with Crippen LogP contribution in [0.3, 0.4) is 0 Å². The highest BCUT2D eigenvalue weighted by Crippen LogP contribution is 2.30. The van der Waals surface area contributed by atoms with Gasteiger partial charge in [-0.1, -0.05) is 18.2 Å². The standard InChI is InChI=1S/C18H14F3NO3/c1-2-24-16-9-13(11-22)6-7-15(16)25-17(23)10-12-4-3-5-14(8-12)18(19,20)21/h3-9H,2,10H2,1H3. The van der Waals surface area contributed by atoms with Crippen LogP contribution in [0.5, 0.6) is 11.5 Å². The van der Waals surface area contributed by atoms with Crippen molar-refractivity contribution in [3.05, 3.63) is 59.2 Å². The Balaban J connectivity index is 2.14. The number of esters is 1. The van der Waals surface area contributed by atoms with Crippen LogP contribution in [0.15, 0.2) is 42.5 Å². The van der Waals surface area contributed by atoms with E-state index in [0.29, 0.717) is 12.2 Å². The fourth-order valence-corrected chi connectivity index (χ4v) is 2.11. The van der Waals surface area contributed by atoms with Crippen LogP contribution < -0.4 is 9.47 Å². The van der Waals surface area contributed by atoms with Crippen LogP contribution in [-0.2, 0) is 17.4 Å². The number of carbonyl (C=O) groups excluding carboxylic acids is 1. The maximum atomic E-state index is 12.7. The van der Waals surface area contributed by atoms with Crippen LogP contribution in [0.2, 0.25) is 0 Å². The zero-order valence-electron chi connectivity index (χ0n) is 13.3. The van der Waals surface area contributed by atoms with Crippen molar-refractivity contribution in [1.29, 1.82) is 5.26 Å². The van der Waals surface area contributed by atoms with E-state index in [2.05, 4.69) is 0 Å². The topological polar surface area (TPSA) is 59.3 Å². The Morgan fingerprint density at radius 3 is 2.56 bits per heavy atom. The van der Waals surface area contributed by atoms with Crippen LogP contribution in [0, 0.1) is 11.3 Å². The number of rotatable bonds is 5. The van der Waals surface area contributed by atoms with Crippen molar-refractivity contribution in [2.24, 2.45) is 0 Å². The van der Waals surface area contributed by atoms with Crippen molar-refractivity contribution < 1.29 is 27.4 Å². The van der Waals surface area contributed by atoms with Gasteiger partial charge in [-0.05, 0) is 30.7 Å². The number of nitriles is 1. The van der Waals surface area contributed by atoms with Gasteiger partial charge in [0, 0.05) is 6.07 Å². The number of hydrogen-bond donors (Lipinski definition) is 0. The van der Waals surface area contributed by atoms with Gasteiger partial charge in [-0.15, -0.1) is 0 Å². The van der Waals surface area contributed by atoms with E-state index in [1.807, 2.05) is 6.07 Å². The van der Waals surface area contributed by atoms with Gasteiger partial charge >= 0.3 is 12.1 Å². The number of nitrogens with zero attached hydrogens (tertiary/aromatic N) is 1. The summed E-state index contributed by atoms with van der Waals surface area (Å²) in [7, 11) is 0. The first-order valence-electron chi connectivity index (χ1n) is 7.37. The lowest BCUT2D eigenvalue weighted by atomic mass is 10.1. The maximum Gasteiger partial charge on any atom is 0.416 e. The second kappa shape index (κ2) is 7.71. The van der Waals surface area contributed by atoms with Crippen molar-refractivity contribution in [3.8, 4) is 17.6 Å². The molecule has 0 bridgehead atoms. The molecule has 25 heavy (non-hydrogen) atoms. The lowest BCUT2D eigenvalue weighted by molar-refractivity contribution is -0.138. The maximum absolute atomic E-state index is 12.7. The average Bonchev–Trinajstić information content (AvgIpc) is 2.56. The summed E-state index contributed by atoms with van der Waals surface area (Å²) < 4.78 is 48.6. The van der Waals surface area contributed by atoms with Crippen molar-refractivity contribution in [1.82, 2.24) is 0 Å². The van der Waals surface area contributed by atoms with Gasteiger partial charge in [-0.2, -0.15) is 18.4 Å². The quantitative estimate of drug-likeness (QED) is 0.602. The molecule has 0 fully saturated rings. The summed E-state index contributed by atoms with van der Waals surface area (Å²) in [6.45, 7) is 2.03. The van der Waals surface area contributed by atoms with Crippen LogP contribution >= 0.6 is 0 Å². The fourth-order valence-electron chi connectivity index (χ4n) is 2.11. The second-order valence-corrected chi connectivity index (χ2v) is 5.06. The Morgan fingerprint density at radius 1 is 1.16 bits per heavy atom. The first-order valence-corrected chi connectivity index (χ1v) is 7.37. The molecule has 0 radical (unpaired) electrons. The molecular formula is C18H14F3NO3. The molecule has 0 aromatic heterocycles. The fraction of sp³-hybridized carbons (Fsp3) is 0.222. The molecule has 0 aliphatic heterocycles. The Morgan fingerprint density at radius 2 is 1.92 bits per heavy atom. The summed E-state index contributed by atoms with van der Waals surface area (Å²) in [5, 5.41) is 8.88. The molecule has 4 nitrogen and oxygen atoms in total. The number of ether oxygens (including phenoxy) is 2. The van der Waals surface area contributed by atoms with Crippen LogP contribution in [0.1, 0.15) is 23.6 Å². The SMILES string of the molecule is CCOc1cc(C#N)ccc1OC(=O)Cc1cccc(C(F)(F)F)c1. The van der Waals surface area contributed by atoms with Crippen molar-refractivity contribution in [3.63, 3.8) is 0 Å². The van der Waals surface area contributed by atoms with Gasteiger partial charge in [-0.25, -0.2) is 0 Å². The predicted molar refractivity (Wildman–Crippen MR) is 83.1 cm³/mol. The molecule has 0 atom stereocenters. The van der Waals surface area contributed by atoms with Crippen molar-refractivity contribution in [2.75, 3.05) is 6.61 Å². The summed E-state index contributed by atoms with van der Waals surface area (Å²) in [5.74, 6) is -0.401. The molecule has 0 saturated carbocycles. The highest BCUT2D eigenvalue weighted by atomic mass is 19.4. The number of hydrogen-bond acceptors (Lipinski definition) is 4. The average molecular weight is 349 g/mol. The molecule has 0 spiro atoms. The minimum atomic E-state index is -4.48. The minimum absolute atomic E-state index is 0.109. The highest BCUT2D eigenvalue weighted by Gasteiger charge is 2.30. The van der Waals surface area contributed by atoms with E-state index in [1.165, 1.54) is 30.3 Å². The lowest BCUT2D eigenvalue weighted by Gasteiger charge is -2.11. The van der Waals surface area contributed by atoms with Gasteiger partial charge in [0.15, 0.2) is 11.5 Å². The molecule has 0 N–H and O–H groups in total. The molecular weight excluding hydrogens is 335 g/mol. The van der Waals surface area contributed by atoms with Gasteiger partial charge in [0.25, 0.3) is 0 Å². The number of carbonyl (C=O) groups is 1. The van der Waals surface area contributed by atoms with E-state index in [9.17, 15) is 18.0 Å². The molecule has 0 heterocycles. The number of halogens is 3. The summed E-state index contributed by atoms with van der Waals surface area (Å²) in [6.07, 6.45) is -4.80. The van der Waals surface area contributed by atoms with E-state index in [1.54, 1.807) is 6.92 Å². The van der Waals surface area contributed by atoms with E-state index in [0.717, 1.165) is 12.1 Å². The van der Waals surface area contributed by atoms with Crippen LogP contribution in [-0.4, -0.2) is 12.6 Å². The third-order valence-electron chi connectivity index (χ3n) is 3.20.